The summed E-state index contributed by atoms with van der Waals surface area (Å²) in [7, 11) is 0. The van der Waals surface area contributed by atoms with Gasteiger partial charge in [-0.15, -0.1) is 5.10 Å². The molecule has 0 aliphatic carbocycles. The highest BCUT2D eigenvalue weighted by molar-refractivity contribution is 8.01. The van der Waals surface area contributed by atoms with Gasteiger partial charge in [0.05, 0.1) is 9.90 Å². The second-order valence-corrected chi connectivity index (χ2v) is 8.21. The average molecular weight is 352 g/mol. The van der Waals surface area contributed by atoms with Crippen LogP contribution in [0.1, 0.15) is 16.8 Å². The van der Waals surface area contributed by atoms with E-state index in [2.05, 4.69) is 69.3 Å². The predicted molar refractivity (Wildman–Crippen MR) is 101 cm³/mol. The van der Waals surface area contributed by atoms with Crippen molar-refractivity contribution < 1.29 is 0 Å². The summed E-state index contributed by atoms with van der Waals surface area (Å²) >= 11 is 3.47. The lowest BCUT2D eigenvalue weighted by Crippen LogP contribution is -1.89. The average Bonchev–Trinajstić information content (AvgIpc) is 3.11. The first-order valence-electron chi connectivity index (χ1n) is 7.78. The van der Waals surface area contributed by atoms with Crippen LogP contribution in [0.15, 0.2) is 57.6 Å². The molecule has 0 unspecified atom stereocenters. The molecule has 0 bridgehead atoms. The Bertz CT molecular complexity index is 996. The van der Waals surface area contributed by atoms with Crippen LogP contribution >= 0.6 is 23.1 Å². The fraction of sp³-hybridized carbons (Fsp3) is 0.158. The lowest BCUT2D eigenvalue weighted by atomic mass is 10.1. The minimum absolute atomic E-state index is 0.788. The Morgan fingerprint density at radius 1 is 0.875 bits per heavy atom. The highest BCUT2D eigenvalue weighted by Crippen LogP contribution is 2.37. The number of nitrogens with zero attached hydrogens (tertiary/aromatic N) is 3. The first-order valence-corrected chi connectivity index (χ1v) is 9.41. The molecule has 0 spiro atoms. The first kappa shape index (κ1) is 15.4. The molecule has 120 valence electrons. The topological polar surface area (TPSA) is 30.2 Å². The normalized spacial score (nSPS) is 11.3. The van der Waals surface area contributed by atoms with E-state index in [9.17, 15) is 0 Å². The molecule has 0 amide bonds. The van der Waals surface area contributed by atoms with Crippen LogP contribution < -0.4 is 0 Å². The van der Waals surface area contributed by atoms with E-state index in [1.165, 1.54) is 20.2 Å². The van der Waals surface area contributed by atoms with Crippen molar-refractivity contribution in [3.05, 3.63) is 65.4 Å². The summed E-state index contributed by atoms with van der Waals surface area (Å²) in [5.74, 6) is 0.788. The molecule has 0 fully saturated rings. The van der Waals surface area contributed by atoms with Gasteiger partial charge in [-0.3, -0.25) is 0 Å². The van der Waals surface area contributed by atoms with Crippen LogP contribution in [-0.2, 0) is 0 Å². The molecule has 0 radical (unpaired) electrons. The van der Waals surface area contributed by atoms with Gasteiger partial charge in [0.1, 0.15) is 0 Å². The van der Waals surface area contributed by atoms with Crippen molar-refractivity contribution in [2.24, 2.45) is 0 Å². The minimum atomic E-state index is 0.788. The van der Waals surface area contributed by atoms with Gasteiger partial charge in [-0.05, 0) is 32.9 Å². The number of aryl methyl sites for hydroxylation is 3. The van der Waals surface area contributed by atoms with Gasteiger partial charge in [0.15, 0.2) is 5.82 Å². The number of fused-ring (bicyclic) bond motifs is 1. The Morgan fingerprint density at radius 2 is 1.50 bits per heavy atom. The van der Waals surface area contributed by atoms with Gasteiger partial charge in [0, 0.05) is 10.5 Å². The highest BCUT2D eigenvalue weighted by atomic mass is 32.2. The van der Waals surface area contributed by atoms with Gasteiger partial charge in [-0.1, -0.05) is 70.6 Å². The molecule has 5 heteroatoms. The molecule has 2 aromatic carbocycles. The zero-order valence-corrected chi connectivity index (χ0v) is 15.4. The van der Waals surface area contributed by atoms with Gasteiger partial charge >= 0.3 is 0 Å². The molecule has 2 aromatic heterocycles. The molecule has 0 N–H and O–H groups in total. The Kier molecular flexibility index (Phi) is 3.90. The molecule has 0 saturated heterocycles. The van der Waals surface area contributed by atoms with E-state index in [4.69, 9.17) is 10.1 Å². The fourth-order valence-electron chi connectivity index (χ4n) is 2.46. The Morgan fingerprint density at radius 3 is 2.12 bits per heavy atom. The first-order chi connectivity index (χ1) is 11.6. The Hall–Kier alpha value is -2.11. The van der Waals surface area contributed by atoms with Crippen LogP contribution in [-0.4, -0.2) is 14.6 Å². The van der Waals surface area contributed by atoms with Crippen molar-refractivity contribution in [1.29, 1.82) is 0 Å². The number of aromatic nitrogens is 3. The maximum absolute atomic E-state index is 4.71. The maximum Gasteiger partial charge on any atom is 0.213 e. The predicted octanol–water partition coefficient (Wildman–Crippen LogP) is 5.53. The van der Waals surface area contributed by atoms with Crippen LogP contribution in [0.2, 0.25) is 0 Å². The van der Waals surface area contributed by atoms with Gasteiger partial charge in [0.25, 0.3) is 0 Å². The molecule has 4 aromatic rings. The number of benzene rings is 2. The summed E-state index contributed by atoms with van der Waals surface area (Å²) in [5, 5.41) is 4.69. The van der Waals surface area contributed by atoms with Gasteiger partial charge in [-0.25, -0.2) is 4.52 Å². The molecule has 0 aliphatic heterocycles. The van der Waals surface area contributed by atoms with Crippen molar-refractivity contribution >= 4 is 28.1 Å². The zero-order valence-electron chi connectivity index (χ0n) is 13.8. The molecule has 0 saturated carbocycles. The third-order valence-electron chi connectivity index (χ3n) is 3.92. The lowest BCUT2D eigenvalue weighted by molar-refractivity contribution is 0.919. The number of rotatable bonds is 3. The zero-order chi connectivity index (χ0) is 16.7. The van der Waals surface area contributed by atoms with Crippen LogP contribution in [0.25, 0.3) is 16.3 Å². The van der Waals surface area contributed by atoms with E-state index in [0.717, 1.165) is 22.0 Å². The second kappa shape index (κ2) is 6.07. The number of hydrogen-bond acceptors (Lipinski definition) is 4. The van der Waals surface area contributed by atoms with E-state index in [-0.39, 0.29) is 0 Å². The number of thiazole rings is 1. The Labute approximate surface area is 149 Å². The third kappa shape index (κ3) is 2.85. The molecule has 24 heavy (non-hydrogen) atoms. The van der Waals surface area contributed by atoms with E-state index in [1.807, 2.05) is 4.52 Å². The van der Waals surface area contributed by atoms with E-state index >= 15 is 0 Å². The third-order valence-corrected chi connectivity index (χ3v) is 6.33. The molecule has 2 heterocycles. The number of hydrogen-bond donors (Lipinski definition) is 0. The summed E-state index contributed by atoms with van der Waals surface area (Å²) in [6, 6.07) is 16.9. The van der Waals surface area contributed by atoms with Crippen molar-refractivity contribution in [1.82, 2.24) is 14.6 Å². The maximum atomic E-state index is 4.71. The van der Waals surface area contributed by atoms with E-state index in [1.54, 1.807) is 23.1 Å². The van der Waals surface area contributed by atoms with Crippen LogP contribution in [0.5, 0.6) is 0 Å². The van der Waals surface area contributed by atoms with Crippen LogP contribution in [0.4, 0.5) is 0 Å². The second-order valence-electron chi connectivity index (χ2n) is 5.89. The monoisotopic (exact) mass is 351 g/mol. The molecular weight excluding hydrogens is 334 g/mol. The molecule has 0 aliphatic rings. The van der Waals surface area contributed by atoms with E-state index in [0.29, 0.717) is 0 Å². The molecule has 0 atom stereocenters. The molecule has 3 nitrogen and oxygen atoms in total. The van der Waals surface area contributed by atoms with Gasteiger partial charge < -0.3 is 0 Å². The van der Waals surface area contributed by atoms with Gasteiger partial charge in [-0.2, -0.15) is 4.98 Å². The van der Waals surface area contributed by atoms with Crippen LogP contribution in [0.3, 0.4) is 0 Å². The van der Waals surface area contributed by atoms with Crippen molar-refractivity contribution in [3.63, 3.8) is 0 Å². The summed E-state index contributed by atoms with van der Waals surface area (Å²) in [4.78, 5) is 6.89. The Balaban J connectivity index is 1.67. The summed E-state index contributed by atoms with van der Waals surface area (Å²) in [6.07, 6.45) is 0. The highest BCUT2D eigenvalue weighted by Gasteiger charge is 2.15. The fourth-order valence-corrected chi connectivity index (χ4v) is 4.65. The summed E-state index contributed by atoms with van der Waals surface area (Å²) in [6.45, 7) is 6.30. The molecule has 4 rings (SSSR count). The van der Waals surface area contributed by atoms with E-state index < -0.39 is 0 Å². The largest absolute Gasteiger partial charge is 0.213 e. The standard InChI is InChI=1S/C19H17N3S2/c1-12-4-8-15(9-5-12)17-20-19-22(21-17)14(3)18(24-19)23-16-10-6-13(2)7-11-16/h4-11H,1-3H3. The van der Waals surface area contributed by atoms with Crippen molar-refractivity contribution in [2.75, 3.05) is 0 Å². The smallest absolute Gasteiger partial charge is 0.207 e. The summed E-state index contributed by atoms with van der Waals surface area (Å²) in [5.41, 5.74) is 4.73. The minimum Gasteiger partial charge on any atom is -0.207 e. The lowest BCUT2D eigenvalue weighted by Gasteiger charge is -2.00. The SMILES string of the molecule is Cc1ccc(Sc2sc3nc(-c4ccc(C)cc4)nn3c2C)cc1. The van der Waals surface area contributed by atoms with Crippen molar-refractivity contribution in [2.45, 2.75) is 29.9 Å². The molecular formula is C19H17N3S2. The quantitative estimate of drug-likeness (QED) is 0.486. The van der Waals surface area contributed by atoms with Gasteiger partial charge in [0.2, 0.25) is 4.96 Å². The summed E-state index contributed by atoms with van der Waals surface area (Å²) < 4.78 is 3.19. The van der Waals surface area contributed by atoms with Crippen LogP contribution in [0, 0.1) is 20.8 Å². The van der Waals surface area contributed by atoms with Crippen molar-refractivity contribution in [3.8, 4) is 11.4 Å².